The van der Waals surface area contributed by atoms with E-state index in [-0.39, 0.29) is 11.8 Å². The Kier molecular flexibility index (Phi) is 6.92. The van der Waals surface area contributed by atoms with Crippen molar-refractivity contribution in [3.8, 4) is 0 Å². The number of hydrogen-bond acceptors (Lipinski definition) is 4. The van der Waals surface area contributed by atoms with Gasteiger partial charge in [0.15, 0.2) is 0 Å². The smallest absolute Gasteiger partial charge is 0.256 e. The molecule has 178 valence electrons. The molecule has 34 heavy (non-hydrogen) atoms. The number of nitrogens with zero attached hydrogens (tertiary/aromatic N) is 3. The Labute approximate surface area is 199 Å². The summed E-state index contributed by atoms with van der Waals surface area (Å²) in [5, 5.41) is 1.00. The number of carbonyl (C=O) groups is 2. The van der Waals surface area contributed by atoms with Crippen LogP contribution in [0.2, 0.25) is 0 Å². The highest BCUT2D eigenvalue weighted by molar-refractivity contribution is 6.07. The summed E-state index contributed by atoms with van der Waals surface area (Å²) in [6.45, 7) is 5.83. The number of ether oxygens (including phenoxy) is 2. The van der Waals surface area contributed by atoms with E-state index in [9.17, 15) is 9.59 Å². The molecule has 7 heteroatoms. The Bertz CT molecular complexity index is 1140. The van der Waals surface area contributed by atoms with Gasteiger partial charge in [-0.25, -0.2) is 0 Å². The molecule has 2 aliphatic heterocycles. The van der Waals surface area contributed by atoms with E-state index in [0.717, 1.165) is 41.4 Å². The first kappa shape index (κ1) is 22.6. The molecule has 5 rings (SSSR count). The number of aromatic nitrogens is 1. The molecular weight excluding hydrogens is 430 g/mol. The van der Waals surface area contributed by atoms with Crippen molar-refractivity contribution in [3.05, 3.63) is 71.4 Å². The molecule has 2 amide bonds. The number of fused-ring (bicyclic) bond motifs is 1. The van der Waals surface area contributed by atoms with Crippen LogP contribution in [0.15, 0.2) is 54.7 Å². The van der Waals surface area contributed by atoms with E-state index in [1.54, 1.807) is 0 Å². The zero-order chi connectivity index (χ0) is 23.3. The van der Waals surface area contributed by atoms with Gasteiger partial charge in [0.25, 0.3) is 11.8 Å². The van der Waals surface area contributed by atoms with Gasteiger partial charge in [-0.1, -0.05) is 30.3 Å². The molecular formula is C27H31N3O4. The lowest BCUT2D eigenvalue weighted by Gasteiger charge is -2.26. The average Bonchev–Trinajstić information content (AvgIpc) is 3.28. The van der Waals surface area contributed by atoms with Crippen LogP contribution in [0, 0.1) is 0 Å². The second-order valence-corrected chi connectivity index (χ2v) is 8.86. The molecule has 0 spiro atoms. The van der Waals surface area contributed by atoms with E-state index in [0.29, 0.717) is 52.6 Å². The summed E-state index contributed by atoms with van der Waals surface area (Å²) >= 11 is 0. The van der Waals surface area contributed by atoms with E-state index >= 15 is 0 Å². The Morgan fingerprint density at radius 3 is 2.06 bits per heavy atom. The van der Waals surface area contributed by atoms with Crippen molar-refractivity contribution in [2.75, 3.05) is 52.6 Å². The van der Waals surface area contributed by atoms with Crippen LogP contribution >= 0.6 is 0 Å². The van der Waals surface area contributed by atoms with Crippen LogP contribution in [-0.2, 0) is 22.4 Å². The molecule has 0 bridgehead atoms. The highest BCUT2D eigenvalue weighted by Crippen LogP contribution is 2.24. The summed E-state index contributed by atoms with van der Waals surface area (Å²) in [7, 11) is 0. The largest absolute Gasteiger partial charge is 0.378 e. The van der Waals surface area contributed by atoms with Crippen LogP contribution in [0.3, 0.4) is 0 Å². The third kappa shape index (κ3) is 4.86. The highest BCUT2D eigenvalue weighted by atomic mass is 16.5. The summed E-state index contributed by atoms with van der Waals surface area (Å²) in [5.41, 5.74) is 3.79. The van der Waals surface area contributed by atoms with Crippen LogP contribution in [0.4, 0.5) is 0 Å². The molecule has 0 unspecified atom stereocenters. The summed E-state index contributed by atoms with van der Waals surface area (Å²) in [6.07, 6.45) is 3.86. The van der Waals surface area contributed by atoms with Crippen molar-refractivity contribution >= 4 is 22.7 Å². The second kappa shape index (κ2) is 10.4. The minimum atomic E-state index is 0.0751. The predicted molar refractivity (Wildman–Crippen MR) is 130 cm³/mol. The third-order valence-corrected chi connectivity index (χ3v) is 6.68. The average molecular weight is 462 g/mol. The molecule has 0 saturated carbocycles. The van der Waals surface area contributed by atoms with Gasteiger partial charge in [0.1, 0.15) is 0 Å². The number of benzene rings is 2. The van der Waals surface area contributed by atoms with E-state index < -0.39 is 0 Å². The predicted octanol–water partition coefficient (Wildman–Crippen LogP) is 3.22. The Morgan fingerprint density at radius 2 is 1.38 bits per heavy atom. The van der Waals surface area contributed by atoms with E-state index in [4.69, 9.17) is 9.47 Å². The fourth-order valence-electron chi connectivity index (χ4n) is 4.76. The lowest BCUT2D eigenvalue weighted by atomic mass is 10.1. The number of carbonyl (C=O) groups excluding carboxylic acids is 2. The minimum absolute atomic E-state index is 0.0751. The molecule has 2 saturated heterocycles. The number of hydrogen-bond donors (Lipinski definition) is 0. The molecule has 1 aromatic heterocycles. The van der Waals surface area contributed by atoms with Gasteiger partial charge in [0, 0.05) is 55.4 Å². The molecule has 3 aromatic rings. The van der Waals surface area contributed by atoms with E-state index in [1.165, 1.54) is 5.56 Å². The SMILES string of the molecule is O=C(c1ccc(CCCn2cc(C(=O)N3CCOCC3)c3ccccc32)cc1)N1CCOCC1. The fourth-order valence-corrected chi connectivity index (χ4v) is 4.76. The quantitative estimate of drug-likeness (QED) is 0.566. The Balaban J connectivity index is 1.23. The monoisotopic (exact) mass is 461 g/mol. The van der Waals surface area contributed by atoms with Gasteiger partial charge in [-0.2, -0.15) is 0 Å². The van der Waals surface area contributed by atoms with Gasteiger partial charge in [-0.15, -0.1) is 0 Å². The topological polar surface area (TPSA) is 64.0 Å². The Hall–Kier alpha value is -3.16. The second-order valence-electron chi connectivity index (χ2n) is 8.86. The van der Waals surface area contributed by atoms with Crippen LogP contribution in [-0.4, -0.2) is 78.8 Å². The van der Waals surface area contributed by atoms with Crippen molar-refractivity contribution in [1.29, 1.82) is 0 Å². The lowest BCUT2D eigenvalue weighted by molar-refractivity contribution is 0.0302. The molecule has 0 atom stereocenters. The van der Waals surface area contributed by atoms with Crippen molar-refractivity contribution < 1.29 is 19.1 Å². The third-order valence-electron chi connectivity index (χ3n) is 6.68. The molecule has 2 aromatic carbocycles. The first-order chi connectivity index (χ1) is 16.7. The summed E-state index contributed by atoms with van der Waals surface area (Å²) < 4.78 is 12.9. The molecule has 2 aliphatic rings. The highest BCUT2D eigenvalue weighted by Gasteiger charge is 2.22. The van der Waals surface area contributed by atoms with Crippen molar-refractivity contribution in [1.82, 2.24) is 14.4 Å². The lowest BCUT2D eigenvalue weighted by Crippen LogP contribution is -2.40. The van der Waals surface area contributed by atoms with Gasteiger partial charge in [0.2, 0.25) is 0 Å². The van der Waals surface area contributed by atoms with Gasteiger partial charge in [-0.05, 0) is 36.6 Å². The Morgan fingerprint density at radius 1 is 0.765 bits per heavy atom. The zero-order valence-electron chi connectivity index (χ0n) is 19.4. The van der Waals surface area contributed by atoms with Gasteiger partial charge in [0.05, 0.1) is 32.0 Å². The first-order valence-electron chi connectivity index (χ1n) is 12.1. The maximum atomic E-state index is 13.1. The molecule has 3 heterocycles. The molecule has 0 radical (unpaired) electrons. The standard InChI is InChI=1S/C27H31N3O4/c31-26(28-12-16-33-17-13-28)22-9-7-21(8-10-22)4-3-11-30-20-24(23-5-1-2-6-25(23)30)27(32)29-14-18-34-19-15-29/h1-2,5-10,20H,3-4,11-19H2. The number of amides is 2. The van der Waals surface area contributed by atoms with Crippen LogP contribution in [0.25, 0.3) is 10.9 Å². The van der Waals surface area contributed by atoms with Crippen LogP contribution in [0.1, 0.15) is 32.7 Å². The van der Waals surface area contributed by atoms with Crippen molar-refractivity contribution in [2.24, 2.45) is 0 Å². The molecule has 0 N–H and O–H groups in total. The number of para-hydroxylation sites is 1. The molecule has 2 fully saturated rings. The maximum Gasteiger partial charge on any atom is 0.256 e. The molecule has 7 nitrogen and oxygen atoms in total. The summed E-state index contributed by atoms with van der Waals surface area (Å²) in [6, 6.07) is 16.1. The van der Waals surface area contributed by atoms with E-state index in [2.05, 4.69) is 22.8 Å². The number of aryl methyl sites for hydroxylation is 2. The first-order valence-corrected chi connectivity index (χ1v) is 12.1. The normalized spacial score (nSPS) is 16.7. The summed E-state index contributed by atoms with van der Waals surface area (Å²) in [5.74, 6) is 0.157. The number of rotatable bonds is 6. The summed E-state index contributed by atoms with van der Waals surface area (Å²) in [4.78, 5) is 29.5. The maximum absolute atomic E-state index is 13.1. The van der Waals surface area contributed by atoms with Gasteiger partial charge in [-0.3, -0.25) is 9.59 Å². The van der Waals surface area contributed by atoms with Gasteiger partial charge >= 0.3 is 0 Å². The van der Waals surface area contributed by atoms with Crippen molar-refractivity contribution in [3.63, 3.8) is 0 Å². The number of morpholine rings is 2. The zero-order valence-corrected chi connectivity index (χ0v) is 19.4. The minimum Gasteiger partial charge on any atom is -0.378 e. The van der Waals surface area contributed by atoms with E-state index in [1.807, 2.05) is 46.3 Å². The van der Waals surface area contributed by atoms with Crippen molar-refractivity contribution in [2.45, 2.75) is 19.4 Å². The molecule has 0 aliphatic carbocycles. The van der Waals surface area contributed by atoms with Crippen LogP contribution in [0.5, 0.6) is 0 Å². The fraction of sp³-hybridized carbons (Fsp3) is 0.407. The van der Waals surface area contributed by atoms with Gasteiger partial charge < -0.3 is 23.8 Å². The van der Waals surface area contributed by atoms with Crippen LogP contribution < -0.4 is 0 Å².